The minimum absolute atomic E-state index is 0.0972. The molecule has 23 heavy (non-hydrogen) atoms. The standard InChI is InChI=1S/C17H19ClN2O2S/c1-11-5-7-14(8-6-11)23(21,22)16-15(17(16,20)10-19)12-3-2-4-13(18)9-12/h2-9,15-16H,10,19-20H2,1H3/t15-,16-,17-/m1/s1. The van der Waals surface area contributed by atoms with Crippen LogP contribution in [-0.4, -0.2) is 25.8 Å². The van der Waals surface area contributed by atoms with Gasteiger partial charge in [-0.25, -0.2) is 8.42 Å². The highest BCUT2D eigenvalue weighted by molar-refractivity contribution is 7.92. The molecule has 1 aliphatic rings. The molecule has 0 aliphatic heterocycles. The molecule has 0 saturated heterocycles. The highest BCUT2D eigenvalue weighted by atomic mass is 35.5. The van der Waals surface area contributed by atoms with Crippen LogP contribution >= 0.6 is 11.6 Å². The van der Waals surface area contributed by atoms with Gasteiger partial charge in [0, 0.05) is 17.5 Å². The zero-order valence-electron chi connectivity index (χ0n) is 12.7. The van der Waals surface area contributed by atoms with E-state index in [1.54, 1.807) is 42.5 Å². The lowest BCUT2D eigenvalue weighted by Crippen LogP contribution is -2.39. The van der Waals surface area contributed by atoms with E-state index >= 15 is 0 Å². The first-order chi connectivity index (χ1) is 10.8. The van der Waals surface area contributed by atoms with Crippen molar-refractivity contribution in [3.8, 4) is 0 Å². The number of hydrogen-bond acceptors (Lipinski definition) is 4. The predicted octanol–water partition coefficient (Wildman–Crippen LogP) is 2.24. The van der Waals surface area contributed by atoms with Crippen LogP contribution in [0.15, 0.2) is 53.4 Å². The van der Waals surface area contributed by atoms with E-state index in [4.69, 9.17) is 23.1 Å². The Hall–Kier alpha value is -1.40. The number of sulfone groups is 1. The molecule has 1 fully saturated rings. The van der Waals surface area contributed by atoms with Gasteiger partial charge in [-0.15, -0.1) is 0 Å². The second kappa shape index (κ2) is 5.60. The largest absolute Gasteiger partial charge is 0.329 e. The highest BCUT2D eigenvalue weighted by Gasteiger charge is 2.68. The van der Waals surface area contributed by atoms with Crippen LogP contribution in [-0.2, 0) is 9.84 Å². The number of nitrogens with two attached hydrogens (primary N) is 2. The molecule has 3 rings (SSSR count). The van der Waals surface area contributed by atoms with Gasteiger partial charge in [-0.3, -0.25) is 0 Å². The van der Waals surface area contributed by atoms with Gasteiger partial charge in [-0.05, 0) is 36.8 Å². The maximum atomic E-state index is 13.0. The van der Waals surface area contributed by atoms with Gasteiger partial charge in [0.25, 0.3) is 0 Å². The van der Waals surface area contributed by atoms with Crippen LogP contribution in [0.3, 0.4) is 0 Å². The molecule has 1 aliphatic carbocycles. The van der Waals surface area contributed by atoms with Crippen LogP contribution in [0.2, 0.25) is 5.02 Å². The maximum absolute atomic E-state index is 13.0. The fourth-order valence-electron chi connectivity index (χ4n) is 3.19. The number of benzene rings is 2. The van der Waals surface area contributed by atoms with Crippen LogP contribution < -0.4 is 11.5 Å². The van der Waals surface area contributed by atoms with E-state index in [0.29, 0.717) is 5.02 Å². The van der Waals surface area contributed by atoms with E-state index < -0.39 is 20.6 Å². The number of rotatable bonds is 4. The Balaban J connectivity index is 2.03. The van der Waals surface area contributed by atoms with Crippen molar-refractivity contribution in [2.24, 2.45) is 11.5 Å². The molecular weight excluding hydrogens is 332 g/mol. The molecule has 0 heterocycles. The normalized spacial score (nSPS) is 27.0. The minimum Gasteiger partial charge on any atom is -0.329 e. The molecule has 1 saturated carbocycles. The fraction of sp³-hybridized carbons (Fsp3) is 0.294. The topological polar surface area (TPSA) is 86.2 Å². The third-order valence-corrected chi connectivity index (χ3v) is 7.09. The first-order valence-corrected chi connectivity index (χ1v) is 9.28. The van der Waals surface area contributed by atoms with E-state index in [1.807, 2.05) is 13.0 Å². The van der Waals surface area contributed by atoms with Gasteiger partial charge in [-0.1, -0.05) is 41.4 Å². The first kappa shape index (κ1) is 16.5. The summed E-state index contributed by atoms with van der Waals surface area (Å²) in [6, 6.07) is 13.9. The van der Waals surface area contributed by atoms with Crippen LogP contribution in [0.25, 0.3) is 0 Å². The van der Waals surface area contributed by atoms with Gasteiger partial charge < -0.3 is 11.5 Å². The van der Waals surface area contributed by atoms with Crippen LogP contribution in [0.4, 0.5) is 0 Å². The van der Waals surface area contributed by atoms with E-state index in [1.165, 1.54) is 0 Å². The summed E-state index contributed by atoms with van der Waals surface area (Å²) in [6.45, 7) is 2.01. The second-order valence-electron chi connectivity index (χ2n) is 6.13. The molecule has 3 atom stereocenters. The molecule has 0 spiro atoms. The average Bonchev–Trinajstić information content (AvgIpc) is 3.15. The smallest absolute Gasteiger partial charge is 0.183 e. The van der Waals surface area contributed by atoms with Gasteiger partial charge in [0.1, 0.15) is 0 Å². The van der Waals surface area contributed by atoms with E-state index in [9.17, 15) is 8.42 Å². The van der Waals surface area contributed by atoms with Crippen LogP contribution in [0, 0.1) is 6.92 Å². The molecule has 2 aromatic carbocycles. The lowest BCUT2D eigenvalue weighted by Gasteiger charge is -2.09. The number of halogens is 1. The predicted molar refractivity (Wildman–Crippen MR) is 92.3 cm³/mol. The molecule has 6 heteroatoms. The highest BCUT2D eigenvalue weighted by Crippen LogP contribution is 2.55. The zero-order chi connectivity index (χ0) is 16.8. The second-order valence-corrected chi connectivity index (χ2v) is 8.63. The molecular formula is C17H19ClN2O2S. The molecule has 0 bridgehead atoms. The van der Waals surface area contributed by atoms with Gasteiger partial charge in [-0.2, -0.15) is 0 Å². The van der Waals surface area contributed by atoms with Crippen molar-refractivity contribution in [1.29, 1.82) is 0 Å². The van der Waals surface area contributed by atoms with Crippen molar-refractivity contribution < 1.29 is 8.42 Å². The third-order valence-electron chi connectivity index (χ3n) is 4.55. The Morgan fingerprint density at radius 2 is 1.83 bits per heavy atom. The summed E-state index contributed by atoms with van der Waals surface area (Å²) in [6.07, 6.45) is 0. The van der Waals surface area contributed by atoms with Gasteiger partial charge in [0.15, 0.2) is 9.84 Å². The lowest BCUT2D eigenvalue weighted by atomic mass is 10.1. The lowest BCUT2D eigenvalue weighted by molar-refractivity contribution is 0.586. The summed E-state index contributed by atoms with van der Waals surface area (Å²) in [5, 5.41) is -0.179. The summed E-state index contributed by atoms with van der Waals surface area (Å²) in [7, 11) is -3.56. The van der Waals surface area contributed by atoms with Crippen molar-refractivity contribution in [2.45, 2.75) is 28.5 Å². The summed E-state index contributed by atoms with van der Waals surface area (Å²) in [5.74, 6) is -0.350. The Morgan fingerprint density at radius 1 is 1.17 bits per heavy atom. The molecule has 4 N–H and O–H groups in total. The molecule has 0 radical (unpaired) electrons. The van der Waals surface area contributed by atoms with E-state index in [-0.39, 0.29) is 17.4 Å². The van der Waals surface area contributed by atoms with Crippen molar-refractivity contribution in [2.75, 3.05) is 6.54 Å². The number of aryl methyl sites for hydroxylation is 1. The van der Waals surface area contributed by atoms with Crippen molar-refractivity contribution >= 4 is 21.4 Å². The molecule has 4 nitrogen and oxygen atoms in total. The third kappa shape index (κ3) is 2.68. The Kier molecular flexibility index (Phi) is 4.01. The molecule has 0 aromatic heterocycles. The molecule has 0 amide bonds. The van der Waals surface area contributed by atoms with E-state index in [2.05, 4.69) is 0 Å². The first-order valence-electron chi connectivity index (χ1n) is 7.35. The fourth-order valence-corrected chi connectivity index (χ4v) is 5.71. The van der Waals surface area contributed by atoms with Gasteiger partial charge >= 0.3 is 0 Å². The average molecular weight is 351 g/mol. The number of hydrogen-bond donors (Lipinski definition) is 2. The molecule has 122 valence electrons. The summed E-state index contributed by atoms with van der Waals surface area (Å²) < 4.78 is 26.0. The minimum atomic E-state index is -3.56. The summed E-state index contributed by atoms with van der Waals surface area (Å²) >= 11 is 6.03. The SMILES string of the molecule is Cc1ccc(S(=O)(=O)[C@@H]2[C@@H](c3cccc(Cl)c3)[C@]2(N)CN)cc1. The maximum Gasteiger partial charge on any atom is 0.183 e. The van der Waals surface area contributed by atoms with Gasteiger partial charge in [0.2, 0.25) is 0 Å². The Morgan fingerprint density at radius 3 is 2.39 bits per heavy atom. The van der Waals surface area contributed by atoms with Crippen molar-refractivity contribution in [1.82, 2.24) is 0 Å². The zero-order valence-corrected chi connectivity index (χ0v) is 14.3. The molecule has 0 unspecified atom stereocenters. The monoisotopic (exact) mass is 350 g/mol. The Labute approximate surface area is 141 Å². The van der Waals surface area contributed by atoms with Crippen molar-refractivity contribution in [3.63, 3.8) is 0 Å². The summed E-state index contributed by atoms with van der Waals surface area (Å²) in [5.41, 5.74) is 13.0. The van der Waals surface area contributed by atoms with E-state index in [0.717, 1.165) is 11.1 Å². The van der Waals surface area contributed by atoms with Crippen molar-refractivity contribution in [3.05, 3.63) is 64.7 Å². The van der Waals surface area contributed by atoms with Crippen LogP contribution in [0.5, 0.6) is 0 Å². The Bertz CT molecular complexity index is 836. The van der Waals surface area contributed by atoms with Gasteiger partial charge in [0.05, 0.1) is 15.7 Å². The quantitative estimate of drug-likeness (QED) is 0.885. The van der Waals surface area contributed by atoms with Crippen LogP contribution in [0.1, 0.15) is 17.0 Å². The molecule has 2 aromatic rings. The summed E-state index contributed by atoms with van der Waals surface area (Å²) in [4.78, 5) is 0.279.